The summed E-state index contributed by atoms with van der Waals surface area (Å²) in [4.78, 5) is 18.8. The molecule has 0 saturated carbocycles. The lowest BCUT2D eigenvalue weighted by molar-refractivity contribution is 1.07. The van der Waals surface area contributed by atoms with Crippen LogP contribution in [0, 0.1) is 0 Å². The molecule has 5 rings (SSSR count). The van der Waals surface area contributed by atoms with Gasteiger partial charge in [0, 0.05) is 28.5 Å². The van der Waals surface area contributed by atoms with Gasteiger partial charge >= 0.3 is 0 Å². The topological polar surface area (TPSA) is 51.6 Å². The Balaban J connectivity index is 1.67. The van der Waals surface area contributed by atoms with Crippen molar-refractivity contribution < 1.29 is 0 Å². The van der Waals surface area contributed by atoms with Crippen molar-refractivity contribution >= 4 is 0 Å². The molecule has 4 nitrogen and oxygen atoms in total. The Morgan fingerprint density at radius 1 is 0.400 bits per heavy atom. The number of pyridine rings is 1. The molecule has 0 unspecified atom stereocenters. The Bertz CT molecular complexity index is 1210. The number of rotatable bonds is 4. The minimum atomic E-state index is 0.627. The van der Waals surface area contributed by atoms with Gasteiger partial charge in [0.05, 0.1) is 5.69 Å². The van der Waals surface area contributed by atoms with Crippen molar-refractivity contribution in [3.63, 3.8) is 0 Å². The maximum atomic E-state index is 4.78. The summed E-state index contributed by atoms with van der Waals surface area (Å²) in [6, 6.07) is 34.0. The van der Waals surface area contributed by atoms with Gasteiger partial charge in [-0.1, -0.05) is 91.0 Å². The first-order valence-corrected chi connectivity index (χ1v) is 9.75. The lowest BCUT2D eigenvalue weighted by Crippen LogP contribution is -2.00. The quantitative estimate of drug-likeness (QED) is 0.384. The van der Waals surface area contributed by atoms with Crippen molar-refractivity contribution in [1.29, 1.82) is 0 Å². The maximum Gasteiger partial charge on any atom is 0.164 e. The van der Waals surface area contributed by atoms with E-state index in [9.17, 15) is 0 Å². The molecule has 0 aliphatic heterocycles. The van der Waals surface area contributed by atoms with Crippen molar-refractivity contribution in [1.82, 2.24) is 19.9 Å². The van der Waals surface area contributed by atoms with E-state index in [1.165, 1.54) is 0 Å². The molecule has 4 heteroatoms. The fourth-order valence-electron chi connectivity index (χ4n) is 3.27. The van der Waals surface area contributed by atoms with E-state index in [4.69, 9.17) is 15.0 Å². The monoisotopic (exact) mass is 386 g/mol. The van der Waals surface area contributed by atoms with Crippen molar-refractivity contribution in [2.24, 2.45) is 0 Å². The van der Waals surface area contributed by atoms with Crippen LogP contribution in [0.4, 0.5) is 0 Å². The van der Waals surface area contributed by atoms with Gasteiger partial charge in [0.2, 0.25) is 0 Å². The first-order valence-electron chi connectivity index (χ1n) is 9.75. The summed E-state index contributed by atoms with van der Waals surface area (Å²) < 4.78 is 0. The van der Waals surface area contributed by atoms with E-state index < -0.39 is 0 Å². The second-order valence-corrected chi connectivity index (χ2v) is 6.83. The molecular weight excluding hydrogens is 368 g/mol. The molecule has 30 heavy (non-hydrogen) atoms. The molecule has 0 atom stereocenters. The highest BCUT2D eigenvalue weighted by atomic mass is 15.0. The smallest absolute Gasteiger partial charge is 0.164 e. The van der Waals surface area contributed by atoms with Crippen LogP contribution < -0.4 is 0 Å². The highest BCUT2D eigenvalue weighted by Crippen LogP contribution is 2.26. The Hall–Kier alpha value is -4.18. The van der Waals surface area contributed by atoms with Crippen LogP contribution in [0.2, 0.25) is 0 Å². The third-order valence-electron chi connectivity index (χ3n) is 4.79. The van der Waals surface area contributed by atoms with Crippen molar-refractivity contribution in [3.05, 3.63) is 109 Å². The SMILES string of the molecule is c1ccc(-c2cc(-c3nc(-c4ccccc4)nc(-c4ccccc4)n3)ccn2)cc1. The Labute approximate surface area is 175 Å². The van der Waals surface area contributed by atoms with Crippen LogP contribution in [0.1, 0.15) is 0 Å². The molecule has 0 aliphatic rings. The Morgan fingerprint density at radius 3 is 1.33 bits per heavy atom. The summed E-state index contributed by atoms with van der Waals surface area (Å²) >= 11 is 0. The fourth-order valence-corrected chi connectivity index (χ4v) is 3.27. The van der Waals surface area contributed by atoms with Gasteiger partial charge in [0.25, 0.3) is 0 Å². The van der Waals surface area contributed by atoms with Gasteiger partial charge in [-0.25, -0.2) is 15.0 Å². The van der Waals surface area contributed by atoms with E-state index in [2.05, 4.69) is 4.98 Å². The summed E-state index contributed by atoms with van der Waals surface area (Å²) in [5, 5.41) is 0. The normalized spacial score (nSPS) is 10.7. The molecule has 5 aromatic rings. The van der Waals surface area contributed by atoms with E-state index >= 15 is 0 Å². The lowest BCUT2D eigenvalue weighted by atomic mass is 10.1. The molecule has 142 valence electrons. The number of aromatic nitrogens is 4. The lowest BCUT2D eigenvalue weighted by Gasteiger charge is -2.09. The predicted octanol–water partition coefficient (Wildman–Crippen LogP) is 5.93. The van der Waals surface area contributed by atoms with Gasteiger partial charge in [-0.15, -0.1) is 0 Å². The van der Waals surface area contributed by atoms with Crippen LogP contribution in [0.3, 0.4) is 0 Å². The van der Waals surface area contributed by atoms with E-state index in [0.29, 0.717) is 17.5 Å². The van der Waals surface area contributed by atoms with Crippen LogP contribution in [-0.2, 0) is 0 Å². The summed E-state index contributed by atoms with van der Waals surface area (Å²) in [5.74, 6) is 1.93. The molecule has 0 radical (unpaired) electrons. The second-order valence-electron chi connectivity index (χ2n) is 6.83. The molecule has 0 saturated heterocycles. The Morgan fingerprint density at radius 2 is 0.833 bits per heavy atom. The van der Waals surface area contributed by atoms with Gasteiger partial charge < -0.3 is 0 Å². The molecule has 0 aliphatic carbocycles. The summed E-state index contributed by atoms with van der Waals surface area (Å²) in [7, 11) is 0. The van der Waals surface area contributed by atoms with Gasteiger partial charge in [0.15, 0.2) is 17.5 Å². The zero-order chi connectivity index (χ0) is 20.2. The second kappa shape index (κ2) is 8.05. The molecule has 0 amide bonds. The fraction of sp³-hybridized carbons (Fsp3) is 0. The Kier molecular flexibility index (Phi) is 4.80. The largest absolute Gasteiger partial charge is 0.256 e. The van der Waals surface area contributed by atoms with Crippen LogP contribution in [-0.4, -0.2) is 19.9 Å². The van der Waals surface area contributed by atoms with Crippen LogP contribution in [0.5, 0.6) is 0 Å². The minimum Gasteiger partial charge on any atom is -0.256 e. The van der Waals surface area contributed by atoms with Crippen LogP contribution >= 0.6 is 0 Å². The highest BCUT2D eigenvalue weighted by molar-refractivity contribution is 5.70. The minimum absolute atomic E-state index is 0.627. The van der Waals surface area contributed by atoms with Gasteiger partial charge in [-0.05, 0) is 12.1 Å². The average Bonchev–Trinajstić information content (AvgIpc) is 2.85. The first-order chi connectivity index (χ1) is 14.9. The third-order valence-corrected chi connectivity index (χ3v) is 4.79. The zero-order valence-electron chi connectivity index (χ0n) is 16.2. The molecule has 0 fully saturated rings. The van der Waals surface area contributed by atoms with E-state index in [0.717, 1.165) is 27.9 Å². The van der Waals surface area contributed by atoms with E-state index in [1.54, 1.807) is 6.20 Å². The zero-order valence-corrected chi connectivity index (χ0v) is 16.2. The van der Waals surface area contributed by atoms with Crippen LogP contribution in [0.15, 0.2) is 109 Å². The van der Waals surface area contributed by atoms with E-state index in [1.807, 2.05) is 103 Å². The number of hydrogen-bond acceptors (Lipinski definition) is 4. The van der Waals surface area contributed by atoms with Gasteiger partial charge in [-0.2, -0.15) is 0 Å². The van der Waals surface area contributed by atoms with Gasteiger partial charge in [-0.3, -0.25) is 4.98 Å². The summed E-state index contributed by atoms with van der Waals surface area (Å²) in [6.07, 6.45) is 1.80. The van der Waals surface area contributed by atoms with Crippen LogP contribution in [0.25, 0.3) is 45.4 Å². The molecular formula is C26H18N4. The summed E-state index contributed by atoms with van der Waals surface area (Å²) in [5.41, 5.74) is 4.75. The molecule has 0 bridgehead atoms. The molecule has 0 N–H and O–H groups in total. The summed E-state index contributed by atoms with van der Waals surface area (Å²) in [6.45, 7) is 0. The third kappa shape index (κ3) is 3.71. The molecule has 2 aromatic heterocycles. The van der Waals surface area contributed by atoms with E-state index in [-0.39, 0.29) is 0 Å². The molecule has 3 aromatic carbocycles. The maximum absolute atomic E-state index is 4.78. The first kappa shape index (κ1) is 17.9. The van der Waals surface area contributed by atoms with Crippen molar-refractivity contribution in [2.75, 3.05) is 0 Å². The number of nitrogens with zero attached hydrogens (tertiary/aromatic N) is 4. The predicted molar refractivity (Wildman–Crippen MR) is 119 cm³/mol. The van der Waals surface area contributed by atoms with Crippen molar-refractivity contribution in [3.8, 4) is 45.4 Å². The standard InChI is InChI=1S/C26H18N4/c1-4-10-19(11-5-1)23-18-22(16-17-27-23)26-29-24(20-12-6-2-7-13-20)28-25(30-26)21-14-8-3-9-15-21/h1-18H. The molecule has 2 heterocycles. The van der Waals surface area contributed by atoms with Gasteiger partial charge in [0.1, 0.15) is 0 Å². The highest BCUT2D eigenvalue weighted by Gasteiger charge is 2.12. The number of hydrogen-bond donors (Lipinski definition) is 0. The average molecular weight is 386 g/mol. The van der Waals surface area contributed by atoms with Crippen molar-refractivity contribution in [2.45, 2.75) is 0 Å². The molecule has 0 spiro atoms. The number of benzene rings is 3.